The standard InChI is InChI=1S/C29H32BrClF4O3/c1-6-37-22-9-7-8-19(12-22)28(32,16-30)20-11-10-17(2)23(13-20)18(3)38-26(36)25-24(27(25,4)5)14-21(15-31)29(33,34)35/h7-14,18,24-25H,6,15-16H2,1-5H3. The number of allylic oxidation sites excluding steroid dienone is 2. The predicted octanol–water partition coefficient (Wildman–Crippen LogP) is 8.61. The number of ether oxygens (including phenoxy) is 2. The molecule has 1 aliphatic rings. The molecule has 0 radical (unpaired) electrons. The third-order valence-corrected chi connectivity index (χ3v) is 8.37. The van der Waals surface area contributed by atoms with Crippen LogP contribution in [0, 0.1) is 24.2 Å². The van der Waals surface area contributed by atoms with Crippen molar-refractivity contribution in [1.29, 1.82) is 0 Å². The highest BCUT2D eigenvalue weighted by molar-refractivity contribution is 9.09. The highest BCUT2D eigenvalue weighted by Gasteiger charge is 2.62. The van der Waals surface area contributed by atoms with Crippen molar-refractivity contribution in [2.24, 2.45) is 17.3 Å². The van der Waals surface area contributed by atoms with E-state index in [1.54, 1.807) is 63.2 Å². The third kappa shape index (κ3) is 6.22. The molecule has 0 saturated heterocycles. The second-order valence-electron chi connectivity index (χ2n) is 10.2. The van der Waals surface area contributed by atoms with E-state index in [0.717, 1.165) is 11.6 Å². The fraction of sp³-hybridized carbons (Fsp3) is 0.483. The summed E-state index contributed by atoms with van der Waals surface area (Å²) in [4.78, 5) is 13.0. The van der Waals surface area contributed by atoms with Crippen LogP contribution >= 0.6 is 27.5 Å². The number of carbonyl (C=O) groups is 1. The maximum absolute atomic E-state index is 16.5. The van der Waals surface area contributed by atoms with E-state index in [-0.39, 0.29) is 5.33 Å². The summed E-state index contributed by atoms with van der Waals surface area (Å²) in [5.74, 6) is -2.11. The minimum atomic E-state index is -4.56. The molecule has 0 spiro atoms. The fourth-order valence-corrected chi connectivity index (χ4v) is 5.71. The number of esters is 1. The number of aryl methyl sites for hydroxylation is 1. The van der Waals surface area contributed by atoms with Crippen LogP contribution in [0.4, 0.5) is 17.6 Å². The van der Waals surface area contributed by atoms with E-state index in [1.807, 2.05) is 13.8 Å². The molecule has 2 aromatic carbocycles. The normalized spacial score (nSPS) is 21.4. The van der Waals surface area contributed by atoms with Crippen molar-refractivity contribution in [1.82, 2.24) is 0 Å². The number of carbonyl (C=O) groups excluding carboxylic acids is 1. The summed E-state index contributed by atoms with van der Waals surface area (Å²) in [5.41, 5.74) is -1.27. The summed E-state index contributed by atoms with van der Waals surface area (Å²) in [6, 6.07) is 12.0. The molecular formula is C29H32BrClF4O3. The van der Waals surface area contributed by atoms with Gasteiger partial charge in [-0.3, -0.25) is 4.79 Å². The number of hydrogen-bond acceptors (Lipinski definition) is 3. The van der Waals surface area contributed by atoms with Gasteiger partial charge in [0, 0.05) is 10.9 Å². The van der Waals surface area contributed by atoms with E-state index in [4.69, 9.17) is 21.1 Å². The lowest BCUT2D eigenvalue weighted by Crippen LogP contribution is -2.24. The first-order valence-electron chi connectivity index (χ1n) is 12.3. The van der Waals surface area contributed by atoms with Gasteiger partial charge in [-0.25, -0.2) is 4.39 Å². The van der Waals surface area contributed by atoms with Gasteiger partial charge >= 0.3 is 12.1 Å². The zero-order valence-electron chi connectivity index (χ0n) is 22.0. The van der Waals surface area contributed by atoms with Gasteiger partial charge in [0.25, 0.3) is 0 Å². The number of halogens is 6. The van der Waals surface area contributed by atoms with Crippen molar-refractivity contribution in [3.8, 4) is 5.75 Å². The average molecular weight is 620 g/mol. The SMILES string of the molecule is CCOc1cccc(C(F)(CBr)c2ccc(C)c(C(C)OC(=O)C3C(C=C(CCl)C(F)(F)F)C3(C)C)c2)c1. The number of rotatable bonds is 10. The van der Waals surface area contributed by atoms with Crippen molar-refractivity contribution in [2.45, 2.75) is 52.6 Å². The third-order valence-electron chi connectivity index (χ3n) is 7.31. The Morgan fingerprint density at radius 1 is 1.16 bits per heavy atom. The Morgan fingerprint density at radius 3 is 2.39 bits per heavy atom. The summed E-state index contributed by atoms with van der Waals surface area (Å²) in [5, 5.41) is -0.0152. The zero-order chi connectivity index (χ0) is 28.5. The minimum Gasteiger partial charge on any atom is -0.494 e. The number of hydrogen-bond donors (Lipinski definition) is 0. The van der Waals surface area contributed by atoms with Gasteiger partial charge in [-0.2, -0.15) is 13.2 Å². The van der Waals surface area contributed by atoms with Crippen LogP contribution < -0.4 is 4.74 Å². The highest BCUT2D eigenvalue weighted by atomic mass is 79.9. The Hall–Kier alpha value is -2.06. The minimum absolute atomic E-state index is 0.0152. The molecule has 9 heteroatoms. The lowest BCUT2D eigenvalue weighted by atomic mass is 9.87. The summed E-state index contributed by atoms with van der Waals surface area (Å²) in [6.07, 6.45) is -4.26. The highest BCUT2D eigenvalue weighted by Crippen LogP contribution is 2.60. The Morgan fingerprint density at radius 2 is 1.82 bits per heavy atom. The van der Waals surface area contributed by atoms with Crippen LogP contribution in [0.1, 0.15) is 56.1 Å². The van der Waals surface area contributed by atoms with E-state index in [2.05, 4.69) is 15.9 Å². The van der Waals surface area contributed by atoms with E-state index in [0.29, 0.717) is 29.0 Å². The molecule has 1 saturated carbocycles. The Labute approximate surface area is 234 Å². The summed E-state index contributed by atoms with van der Waals surface area (Å²) < 4.78 is 67.3. The van der Waals surface area contributed by atoms with Gasteiger partial charge in [0.05, 0.1) is 18.4 Å². The molecule has 2 aromatic rings. The van der Waals surface area contributed by atoms with Crippen LogP contribution in [-0.2, 0) is 15.2 Å². The monoisotopic (exact) mass is 618 g/mol. The first-order valence-corrected chi connectivity index (χ1v) is 14.0. The molecule has 0 amide bonds. The second kappa shape index (κ2) is 11.6. The molecule has 0 N–H and O–H groups in total. The van der Waals surface area contributed by atoms with Crippen LogP contribution in [-0.4, -0.2) is 30.0 Å². The molecule has 208 valence electrons. The van der Waals surface area contributed by atoms with Gasteiger partial charge < -0.3 is 9.47 Å². The molecule has 3 nitrogen and oxygen atoms in total. The molecule has 3 rings (SSSR count). The Kier molecular flexibility index (Phi) is 9.29. The quantitative estimate of drug-likeness (QED) is 0.116. The molecule has 0 bridgehead atoms. The summed E-state index contributed by atoms with van der Waals surface area (Å²) >= 11 is 8.83. The lowest BCUT2D eigenvalue weighted by molar-refractivity contribution is -0.151. The van der Waals surface area contributed by atoms with Crippen molar-refractivity contribution < 1.29 is 31.8 Å². The van der Waals surface area contributed by atoms with Gasteiger partial charge in [-0.15, -0.1) is 11.6 Å². The van der Waals surface area contributed by atoms with Gasteiger partial charge in [-0.05, 0) is 72.6 Å². The van der Waals surface area contributed by atoms with Crippen LogP contribution in [0.5, 0.6) is 5.75 Å². The largest absolute Gasteiger partial charge is 0.494 e. The molecule has 0 heterocycles. The predicted molar refractivity (Wildman–Crippen MR) is 145 cm³/mol. The summed E-state index contributed by atoms with van der Waals surface area (Å²) in [6.45, 7) is 9.25. The average Bonchev–Trinajstić information content (AvgIpc) is 3.41. The van der Waals surface area contributed by atoms with E-state index < -0.39 is 52.6 Å². The first-order chi connectivity index (χ1) is 17.7. The number of benzene rings is 2. The van der Waals surface area contributed by atoms with Crippen molar-refractivity contribution in [3.63, 3.8) is 0 Å². The van der Waals surface area contributed by atoms with Gasteiger partial charge in [0.2, 0.25) is 0 Å². The number of alkyl halides is 6. The van der Waals surface area contributed by atoms with E-state index >= 15 is 4.39 Å². The van der Waals surface area contributed by atoms with E-state index in [1.165, 1.54) is 0 Å². The molecule has 4 atom stereocenters. The molecule has 0 aliphatic heterocycles. The van der Waals surface area contributed by atoms with Crippen LogP contribution in [0.25, 0.3) is 0 Å². The maximum Gasteiger partial charge on any atom is 0.413 e. The van der Waals surface area contributed by atoms with Crippen LogP contribution in [0.3, 0.4) is 0 Å². The molecule has 4 unspecified atom stereocenters. The van der Waals surface area contributed by atoms with Crippen molar-refractivity contribution >= 4 is 33.5 Å². The van der Waals surface area contributed by atoms with Gasteiger partial charge in [0.1, 0.15) is 11.9 Å². The first kappa shape index (κ1) is 30.5. The second-order valence-corrected chi connectivity index (χ2v) is 11.0. The lowest BCUT2D eigenvalue weighted by Gasteiger charge is -2.27. The molecule has 38 heavy (non-hydrogen) atoms. The van der Waals surface area contributed by atoms with Crippen LogP contribution in [0.15, 0.2) is 54.1 Å². The smallest absolute Gasteiger partial charge is 0.413 e. The Bertz CT molecular complexity index is 1200. The van der Waals surface area contributed by atoms with Crippen molar-refractivity contribution in [2.75, 3.05) is 17.8 Å². The maximum atomic E-state index is 16.5. The topological polar surface area (TPSA) is 35.5 Å². The molecule has 0 aromatic heterocycles. The molecular weight excluding hydrogens is 588 g/mol. The van der Waals surface area contributed by atoms with Crippen LogP contribution in [0.2, 0.25) is 0 Å². The zero-order valence-corrected chi connectivity index (χ0v) is 24.3. The van der Waals surface area contributed by atoms with Gasteiger partial charge in [-0.1, -0.05) is 60.1 Å². The van der Waals surface area contributed by atoms with E-state index in [9.17, 15) is 18.0 Å². The molecule has 1 fully saturated rings. The fourth-order valence-electron chi connectivity index (χ4n) is 4.83. The Balaban J connectivity index is 1.86. The van der Waals surface area contributed by atoms with Gasteiger partial charge in [0.15, 0.2) is 5.67 Å². The summed E-state index contributed by atoms with van der Waals surface area (Å²) in [7, 11) is 0. The molecule has 1 aliphatic carbocycles. The van der Waals surface area contributed by atoms with Crippen molar-refractivity contribution in [3.05, 3.63) is 76.4 Å².